The normalized spacial score (nSPS) is 28.8. The van der Waals surface area contributed by atoms with Crippen LogP contribution in [0.2, 0.25) is 5.02 Å². The molecule has 1 saturated heterocycles. The minimum Gasteiger partial charge on any atom is -0.484 e. The van der Waals surface area contributed by atoms with Crippen LogP contribution >= 0.6 is 11.6 Å². The van der Waals surface area contributed by atoms with Crippen molar-refractivity contribution in [2.45, 2.75) is 48.7 Å². The fraction of sp³-hybridized carbons (Fsp3) is 0.571. The molecule has 12 heteroatoms. The van der Waals surface area contributed by atoms with E-state index in [9.17, 15) is 22.4 Å². The van der Waals surface area contributed by atoms with Crippen LogP contribution in [0, 0.1) is 5.82 Å². The van der Waals surface area contributed by atoms with Crippen molar-refractivity contribution in [3.05, 3.63) is 40.8 Å². The molecule has 0 radical (unpaired) electrons. The van der Waals surface area contributed by atoms with Gasteiger partial charge < -0.3 is 14.5 Å². The average Bonchev–Trinajstić information content (AvgIpc) is 3.32. The highest BCUT2D eigenvalue weighted by molar-refractivity contribution is 6.30. The molecule has 4 fully saturated rings. The van der Waals surface area contributed by atoms with Gasteiger partial charge in [0, 0.05) is 18.2 Å². The fourth-order valence-electron chi connectivity index (χ4n) is 5.24. The van der Waals surface area contributed by atoms with Gasteiger partial charge in [0.1, 0.15) is 11.6 Å². The lowest BCUT2D eigenvalue weighted by Crippen LogP contribution is -2.77. The first-order valence-electron chi connectivity index (χ1n) is 10.6. The summed E-state index contributed by atoms with van der Waals surface area (Å²) in [6.07, 6.45) is -1.74. The number of carbonyl (C=O) groups is 1. The Labute approximate surface area is 191 Å². The second-order valence-corrected chi connectivity index (χ2v) is 9.69. The summed E-state index contributed by atoms with van der Waals surface area (Å²) in [4.78, 5) is 13.6. The second-order valence-electron chi connectivity index (χ2n) is 9.29. The third kappa shape index (κ3) is 4.40. The zero-order chi connectivity index (χ0) is 23.4. The van der Waals surface area contributed by atoms with Crippen molar-refractivity contribution in [3.8, 4) is 5.75 Å². The van der Waals surface area contributed by atoms with Gasteiger partial charge in [-0.25, -0.2) is 4.39 Å². The molecule has 2 heterocycles. The molecule has 0 spiro atoms. The van der Waals surface area contributed by atoms with E-state index in [1.807, 2.05) is 0 Å². The van der Waals surface area contributed by atoms with Crippen LogP contribution in [0.15, 0.2) is 22.6 Å². The number of rotatable bonds is 7. The third-order valence-electron chi connectivity index (χ3n) is 6.61. The molecular formula is C21H21ClF4N4O3. The van der Waals surface area contributed by atoms with E-state index in [-0.39, 0.29) is 46.7 Å². The van der Waals surface area contributed by atoms with Gasteiger partial charge in [-0.2, -0.15) is 13.2 Å². The molecule has 178 valence electrons. The number of nitrogens with zero attached hydrogens (tertiary/aromatic N) is 3. The monoisotopic (exact) mass is 488 g/mol. The number of carbonyl (C=O) groups excluding carboxylic acids is 1. The van der Waals surface area contributed by atoms with Crippen molar-refractivity contribution < 1.29 is 31.5 Å². The van der Waals surface area contributed by atoms with Gasteiger partial charge in [0.2, 0.25) is 11.8 Å². The summed E-state index contributed by atoms with van der Waals surface area (Å²) in [5.74, 6) is -0.0809. The number of alkyl halides is 3. The molecule has 6 rings (SSSR count). The highest BCUT2D eigenvalue weighted by Gasteiger charge is 2.71. The molecule has 2 aromatic rings. The molecule has 1 atom stereocenters. The topological polar surface area (TPSA) is 80.5 Å². The second kappa shape index (κ2) is 7.83. The molecule has 7 nitrogen and oxygen atoms in total. The minimum atomic E-state index is -4.23. The molecule has 1 amide bonds. The Morgan fingerprint density at radius 1 is 1.30 bits per heavy atom. The predicted molar refractivity (Wildman–Crippen MR) is 107 cm³/mol. The molecule has 3 saturated carbocycles. The number of benzene rings is 1. The Morgan fingerprint density at radius 3 is 2.76 bits per heavy atom. The highest BCUT2D eigenvalue weighted by atomic mass is 35.5. The largest absolute Gasteiger partial charge is 0.484 e. The fourth-order valence-corrected chi connectivity index (χ4v) is 5.36. The summed E-state index contributed by atoms with van der Waals surface area (Å²) in [6.45, 7) is -0.609. The summed E-state index contributed by atoms with van der Waals surface area (Å²) in [6, 6.07) is 3.95. The van der Waals surface area contributed by atoms with Crippen molar-refractivity contribution in [2.75, 3.05) is 26.2 Å². The zero-order valence-electron chi connectivity index (χ0n) is 17.4. The van der Waals surface area contributed by atoms with Crippen molar-refractivity contribution in [1.29, 1.82) is 0 Å². The molecule has 1 aliphatic heterocycles. The van der Waals surface area contributed by atoms with Crippen LogP contribution in [0.1, 0.15) is 43.4 Å². The van der Waals surface area contributed by atoms with Crippen molar-refractivity contribution in [2.24, 2.45) is 0 Å². The molecule has 3 aliphatic carbocycles. The molecule has 0 unspecified atom stereocenters. The average molecular weight is 489 g/mol. The highest BCUT2D eigenvalue weighted by Crippen LogP contribution is 2.67. The zero-order valence-corrected chi connectivity index (χ0v) is 18.2. The van der Waals surface area contributed by atoms with Gasteiger partial charge in [-0.1, -0.05) is 11.6 Å². The summed E-state index contributed by atoms with van der Waals surface area (Å²) in [5.41, 5.74) is -0.639. The minimum absolute atomic E-state index is 0.0262. The van der Waals surface area contributed by atoms with E-state index in [0.717, 1.165) is 6.07 Å². The van der Waals surface area contributed by atoms with Crippen LogP contribution in [0.4, 0.5) is 17.6 Å². The number of likely N-dealkylation sites (tertiary alicyclic amines) is 1. The van der Waals surface area contributed by atoms with Crippen LogP contribution in [0.3, 0.4) is 0 Å². The van der Waals surface area contributed by atoms with E-state index in [1.54, 1.807) is 0 Å². The third-order valence-corrected chi connectivity index (χ3v) is 6.92. The maximum absolute atomic E-state index is 13.5. The van der Waals surface area contributed by atoms with Gasteiger partial charge in [-0.05, 0) is 44.4 Å². The first-order valence-corrected chi connectivity index (χ1v) is 10.9. The van der Waals surface area contributed by atoms with Gasteiger partial charge >= 0.3 is 6.18 Å². The number of halogens is 5. The smallest absolute Gasteiger partial charge is 0.401 e. The predicted octanol–water partition coefficient (Wildman–Crippen LogP) is 3.58. The molecule has 1 aromatic carbocycles. The summed E-state index contributed by atoms with van der Waals surface area (Å²) in [5, 5.41) is 11.2. The summed E-state index contributed by atoms with van der Waals surface area (Å²) in [7, 11) is 0. The standard InChI is InChI=1S/C21H21ClF4N4O3/c22-14-2-1-13(5-15(14)23)32-7-16(31)27-20-8-19(9-20,10-20)18-29-28-17(33-18)12-3-4-30(6-12)11-21(24,25)26/h1-2,5,12H,3-4,6-11H2,(H,27,31)/t12-,19?,20?/m1/s1. The van der Waals surface area contributed by atoms with Crippen LogP contribution in [0.5, 0.6) is 5.75 Å². The maximum atomic E-state index is 13.5. The Bertz CT molecular complexity index is 1060. The van der Waals surface area contributed by atoms with Crippen LogP contribution in [-0.2, 0) is 10.2 Å². The lowest BCUT2D eigenvalue weighted by molar-refractivity contribution is -0.144. The first kappa shape index (κ1) is 22.4. The van der Waals surface area contributed by atoms with Gasteiger partial charge in [0.05, 0.1) is 22.9 Å². The number of hydrogen-bond donors (Lipinski definition) is 1. The lowest BCUT2D eigenvalue weighted by atomic mass is 9.39. The first-order chi connectivity index (χ1) is 15.5. The van der Waals surface area contributed by atoms with Crippen LogP contribution < -0.4 is 10.1 Å². The summed E-state index contributed by atoms with van der Waals surface area (Å²) < 4.78 is 62.4. The van der Waals surface area contributed by atoms with E-state index in [2.05, 4.69) is 15.5 Å². The Balaban J connectivity index is 1.10. The van der Waals surface area contributed by atoms with Gasteiger partial charge in [0.15, 0.2) is 6.61 Å². The SMILES string of the molecule is O=C(COc1ccc(Cl)c(F)c1)NC12CC(c3nnc([C@@H]4CCN(CC(F)(F)F)C4)o3)(C1)C2. The number of nitrogens with one attached hydrogen (secondary N) is 1. The Kier molecular flexibility index (Phi) is 5.32. The van der Waals surface area contributed by atoms with E-state index >= 15 is 0 Å². The van der Waals surface area contributed by atoms with Crippen molar-refractivity contribution in [1.82, 2.24) is 20.4 Å². The van der Waals surface area contributed by atoms with Gasteiger partial charge in [-0.15, -0.1) is 10.2 Å². The van der Waals surface area contributed by atoms with E-state index < -0.39 is 18.5 Å². The molecule has 2 bridgehead atoms. The van der Waals surface area contributed by atoms with Crippen LogP contribution in [0.25, 0.3) is 0 Å². The van der Waals surface area contributed by atoms with Crippen LogP contribution in [-0.4, -0.2) is 59.0 Å². The Morgan fingerprint density at radius 2 is 2.06 bits per heavy atom. The molecular weight excluding hydrogens is 468 g/mol. The lowest BCUT2D eigenvalue weighted by Gasteiger charge is -2.68. The van der Waals surface area contributed by atoms with Gasteiger partial charge in [-0.3, -0.25) is 9.69 Å². The maximum Gasteiger partial charge on any atom is 0.401 e. The van der Waals surface area contributed by atoms with E-state index in [4.69, 9.17) is 20.8 Å². The quantitative estimate of drug-likeness (QED) is 0.600. The molecule has 1 aromatic heterocycles. The van der Waals surface area contributed by atoms with Crippen molar-refractivity contribution in [3.63, 3.8) is 0 Å². The van der Waals surface area contributed by atoms with E-state index in [1.165, 1.54) is 17.0 Å². The Hall–Kier alpha value is -2.40. The molecule has 4 aliphatic rings. The number of aromatic nitrogens is 2. The number of hydrogen-bond acceptors (Lipinski definition) is 6. The van der Waals surface area contributed by atoms with E-state index in [0.29, 0.717) is 44.0 Å². The number of amides is 1. The molecule has 1 N–H and O–H groups in total. The van der Waals surface area contributed by atoms with Crippen molar-refractivity contribution >= 4 is 17.5 Å². The molecule has 33 heavy (non-hydrogen) atoms. The number of ether oxygens (including phenoxy) is 1. The summed E-state index contributed by atoms with van der Waals surface area (Å²) >= 11 is 5.62. The van der Waals surface area contributed by atoms with Gasteiger partial charge in [0.25, 0.3) is 5.91 Å².